The fourth-order valence-corrected chi connectivity index (χ4v) is 4.23. The maximum atomic E-state index is 12.3. The molecule has 0 aliphatic carbocycles. The fourth-order valence-electron chi connectivity index (χ4n) is 4.23. The molecule has 2 N–H and O–H groups in total. The number of nitrogens with zero attached hydrogens (tertiary/aromatic N) is 2. The van der Waals surface area contributed by atoms with Gasteiger partial charge in [0.2, 0.25) is 5.91 Å². The van der Waals surface area contributed by atoms with Gasteiger partial charge in [-0.15, -0.1) is 0 Å². The second kappa shape index (κ2) is 9.76. The zero-order valence-electron chi connectivity index (χ0n) is 17.6. The van der Waals surface area contributed by atoms with Crippen molar-refractivity contribution in [1.82, 2.24) is 20.2 Å². The van der Waals surface area contributed by atoms with Gasteiger partial charge in [0.15, 0.2) is 0 Å². The van der Waals surface area contributed by atoms with Crippen LogP contribution in [0.2, 0.25) is 0 Å². The highest BCUT2D eigenvalue weighted by molar-refractivity contribution is 5.76. The number of para-hydroxylation sites is 2. The number of rotatable bonds is 8. The largest absolute Gasteiger partial charge is 0.497 e. The highest BCUT2D eigenvalue weighted by atomic mass is 16.5. The molecule has 1 aliphatic rings. The number of carbonyl (C=O) groups excluding carboxylic acids is 1. The van der Waals surface area contributed by atoms with Crippen molar-refractivity contribution in [3.63, 3.8) is 0 Å². The number of carbonyl (C=O) groups is 1. The number of hydrogen-bond acceptors (Lipinski definition) is 4. The molecule has 1 saturated heterocycles. The van der Waals surface area contributed by atoms with Gasteiger partial charge in [-0.05, 0) is 61.6 Å². The van der Waals surface area contributed by atoms with Gasteiger partial charge in [0, 0.05) is 19.5 Å². The lowest BCUT2D eigenvalue weighted by Gasteiger charge is -2.32. The van der Waals surface area contributed by atoms with Crippen LogP contribution in [-0.2, 0) is 17.9 Å². The Bertz CT molecular complexity index is 951. The molecule has 0 bridgehead atoms. The first-order valence-electron chi connectivity index (χ1n) is 10.8. The molecule has 0 saturated carbocycles. The van der Waals surface area contributed by atoms with E-state index in [1.54, 1.807) is 7.11 Å². The Morgan fingerprint density at radius 2 is 2.17 bits per heavy atom. The first kappa shape index (κ1) is 20.4. The number of aromatic amines is 1. The number of methoxy groups -OCH3 is 1. The van der Waals surface area contributed by atoms with Crippen molar-refractivity contribution in [2.24, 2.45) is 5.92 Å². The molecule has 0 unspecified atom stereocenters. The maximum absolute atomic E-state index is 12.3. The van der Waals surface area contributed by atoms with Crippen LogP contribution in [0.4, 0.5) is 0 Å². The van der Waals surface area contributed by atoms with E-state index in [2.05, 4.69) is 21.3 Å². The molecule has 6 heteroatoms. The Morgan fingerprint density at radius 1 is 1.27 bits per heavy atom. The van der Waals surface area contributed by atoms with Gasteiger partial charge in [-0.3, -0.25) is 9.69 Å². The molecule has 1 fully saturated rings. The normalized spacial score (nSPS) is 17.2. The summed E-state index contributed by atoms with van der Waals surface area (Å²) in [6.45, 7) is 3.50. The molecule has 6 nitrogen and oxygen atoms in total. The fraction of sp³-hybridized carbons (Fsp3) is 0.417. The number of nitrogens with one attached hydrogen (secondary N) is 2. The molecule has 1 aromatic heterocycles. The minimum atomic E-state index is 0.118. The Hall–Kier alpha value is -2.86. The Kier molecular flexibility index (Phi) is 6.64. The number of ether oxygens (including phenoxy) is 1. The molecule has 1 aliphatic heterocycles. The molecule has 1 amide bonds. The first-order chi connectivity index (χ1) is 14.7. The van der Waals surface area contributed by atoms with Crippen LogP contribution in [-0.4, -0.2) is 41.0 Å². The van der Waals surface area contributed by atoms with E-state index in [9.17, 15) is 4.79 Å². The third kappa shape index (κ3) is 5.39. The van der Waals surface area contributed by atoms with Crippen LogP contribution >= 0.6 is 0 Å². The van der Waals surface area contributed by atoms with Gasteiger partial charge in [-0.2, -0.15) is 0 Å². The standard InChI is InChI=1S/C24H30N4O2/c1-30-20-8-4-6-19(14-20)15-25-24(29)12-11-18-7-5-13-28(16-18)17-23-26-21-9-2-3-10-22(21)27-23/h2-4,6,8-10,14,18H,5,7,11-13,15-17H2,1H3,(H,25,29)(H,26,27)/t18-/m0/s1. The smallest absolute Gasteiger partial charge is 0.220 e. The third-order valence-electron chi connectivity index (χ3n) is 5.82. The molecule has 4 rings (SSSR count). The van der Waals surface area contributed by atoms with Crippen molar-refractivity contribution in [2.75, 3.05) is 20.2 Å². The number of H-pyrrole nitrogens is 1. The molecule has 1 atom stereocenters. The summed E-state index contributed by atoms with van der Waals surface area (Å²) in [5.41, 5.74) is 3.17. The second-order valence-electron chi connectivity index (χ2n) is 8.11. The number of benzene rings is 2. The van der Waals surface area contributed by atoms with E-state index >= 15 is 0 Å². The van der Waals surface area contributed by atoms with Gasteiger partial charge in [-0.25, -0.2) is 4.98 Å². The van der Waals surface area contributed by atoms with Crippen molar-refractivity contribution in [2.45, 2.75) is 38.8 Å². The lowest BCUT2D eigenvalue weighted by Crippen LogP contribution is -2.35. The lowest BCUT2D eigenvalue weighted by molar-refractivity contribution is -0.121. The van der Waals surface area contributed by atoms with E-state index in [1.165, 1.54) is 12.8 Å². The zero-order valence-corrected chi connectivity index (χ0v) is 17.6. The van der Waals surface area contributed by atoms with Crippen LogP contribution in [0, 0.1) is 5.92 Å². The third-order valence-corrected chi connectivity index (χ3v) is 5.82. The van der Waals surface area contributed by atoms with Crippen LogP contribution in [0.1, 0.15) is 37.1 Å². The highest BCUT2D eigenvalue weighted by Crippen LogP contribution is 2.23. The lowest BCUT2D eigenvalue weighted by atomic mass is 9.93. The summed E-state index contributed by atoms with van der Waals surface area (Å²) in [4.78, 5) is 22.9. The molecule has 2 aromatic carbocycles. The van der Waals surface area contributed by atoms with Gasteiger partial charge in [-0.1, -0.05) is 24.3 Å². The van der Waals surface area contributed by atoms with Crippen molar-refractivity contribution in [3.05, 3.63) is 59.9 Å². The SMILES string of the molecule is COc1cccc(CNC(=O)CC[C@@H]2CCCN(Cc3nc4ccccc4[nH]3)C2)c1. The molecular formula is C24H30N4O2. The van der Waals surface area contributed by atoms with Crippen molar-refractivity contribution in [1.29, 1.82) is 0 Å². The van der Waals surface area contributed by atoms with E-state index in [1.807, 2.05) is 42.5 Å². The summed E-state index contributed by atoms with van der Waals surface area (Å²) in [5.74, 6) is 2.51. The first-order valence-corrected chi connectivity index (χ1v) is 10.8. The number of aromatic nitrogens is 2. The van der Waals surface area contributed by atoms with Crippen LogP contribution < -0.4 is 10.1 Å². The van der Waals surface area contributed by atoms with Gasteiger partial charge >= 0.3 is 0 Å². The van der Waals surface area contributed by atoms with Crippen LogP contribution in [0.3, 0.4) is 0 Å². The van der Waals surface area contributed by atoms with E-state index in [4.69, 9.17) is 9.72 Å². The summed E-state index contributed by atoms with van der Waals surface area (Å²) < 4.78 is 5.23. The van der Waals surface area contributed by atoms with Crippen molar-refractivity contribution in [3.8, 4) is 5.75 Å². The summed E-state index contributed by atoms with van der Waals surface area (Å²) in [7, 11) is 1.65. The summed E-state index contributed by atoms with van der Waals surface area (Å²) >= 11 is 0. The summed E-state index contributed by atoms with van der Waals surface area (Å²) in [5, 5.41) is 3.03. The molecule has 30 heavy (non-hydrogen) atoms. The van der Waals surface area contributed by atoms with Crippen molar-refractivity contribution < 1.29 is 9.53 Å². The predicted molar refractivity (Wildman–Crippen MR) is 118 cm³/mol. The minimum Gasteiger partial charge on any atom is -0.497 e. The van der Waals surface area contributed by atoms with E-state index in [-0.39, 0.29) is 5.91 Å². The number of hydrogen-bond donors (Lipinski definition) is 2. The average molecular weight is 407 g/mol. The molecule has 158 valence electrons. The Labute approximate surface area is 177 Å². The zero-order chi connectivity index (χ0) is 20.8. The maximum Gasteiger partial charge on any atom is 0.220 e. The monoisotopic (exact) mass is 406 g/mol. The average Bonchev–Trinajstić information content (AvgIpc) is 3.19. The van der Waals surface area contributed by atoms with Gasteiger partial charge in [0.05, 0.1) is 24.7 Å². The van der Waals surface area contributed by atoms with E-state index < -0.39 is 0 Å². The predicted octanol–water partition coefficient (Wildman–Crippen LogP) is 3.88. The van der Waals surface area contributed by atoms with Crippen LogP contribution in [0.15, 0.2) is 48.5 Å². The number of likely N-dealkylation sites (tertiary alicyclic amines) is 1. The topological polar surface area (TPSA) is 70.2 Å². The van der Waals surface area contributed by atoms with Crippen molar-refractivity contribution >= 4 is 16.9 Å². The van der Waals surface area contributed by atoms with Crippen LogP contribution in [0.25, 0.3) is 11.0 Å². The number of fused-ring (bicyclic) bond motifs is 1. The number of imidazole rings is 1. The van der Waals surface area contributed by atoms with Gasteiger partial charge < -0.3 is 15.0 Å². The summed E-state index contributed by atoms with van der Waals surface area (Å²) in [6, 6.07) is 16.0. The molecule has 2 heterocycles. The second-order valence-corrected chi connectivity index (χ2v) is 8.11. The number of piperidine rings is 1. The Morgan fingerprint density at radius 3 is 3.03 bits per heavy atom. The Balaban J connectivity index is 1.22. The van der Waals surface area contributed by atoms with Gasteiger partial charge in [0.25, 0.3) is 0 Å². The summed E-state index contributed by atoms with van der Waals surface area (Å²) in [6.07, 6.45) is 3.88. The quantitative estimate of drug-likeness (QED) is 0.596. The highest BCUT2D eigenvalue weighted by Gasteiger charge is 2.21. The van der Waals surface area contributed by atoms with E-state index in [0.717, 1.165) is 54.2 Å². The number of amides is 1. The van der Waals surface area contributed by atoms with Crippen LogP contribution in [0.5, 0.6) is 5.75 Å². The molecule has 3 aromatic rings. The molecule has 0 spiro atoms. The van der Waals surface area contributed by atoms with E-state index in [0.29, 0.717) is 18.9 Å². The van der Waals surface area contributed by atoms with Gasteiger partial charge in [0.1, 0.15) is 11.6 Å². The molecular weight excluding hydrogens is 376 g/mol. The minimum absolute atomic E-state index is 0.118. The molecule has 0 radical (unpaired) electrons.